The van der Waals surface area contributed by atoms with Gasteiger partial charge in [0.25, 0.3) is 5.91 Å². The third kappa shape index (κ3) is 4.99. The highest BCUT2D eigenvalue weighted by Gasteiger charge is 2.42. The summed E-state index contributed by atoms with van der Waals surface area (Å²) in [5, 5.41) is 10.1. The van der Waals surface area contributed by atoms with E-state index in [1.54, 1.807) is 21.9 Å². The van der Waals surface area contributed by atoms with E-state index in [9.17, 15) is 23.9 Å². The van der Waals surface area contributed by atoms with Gasteiger partial charge < -0.3 is 19.8 Å². The minimum Gasteiger partial charge on any atom is -0.465 e. The molecule has 8 nitrogen and oxygen atoms in total. The van der Waals surface area contributed by atoms with E-state index in [0.29, 0.717) is 44.0 Å². The van der Waals surface area contributed by atoms with E-state index in [1.807, 2.05) is 12.1 Å². The SMILES string of the molecule is CN(C(=O)O)[C@@H]1CN(C(=O)C2CCN(C(=O)c3ccc(F)cn3)CC2)C[C@H]1c1ccc(Cl)cc1. The van der Waals surface area contributed by atoms with E-state index in [4.69, 9.17) is 11.6 Å². The number of carboxylic acid groups (broad SMARTS) is 1. The predicted octanol–water partition coefficient (Wildman–Crippen LogP) is 3.33. The number of hydrogen-bond donors (Lipinski definition) is 1. The summed E-state index contributed by atoms with van der Waals surface area (Å²) >= 11 is 6.01. The fraction of sp³-hybridized carbons (Fsp3) is 0.417. The van der Waals surface area contributed by atoms with E-state index < -0.39 is 11.9 Å². The lowest BCUT2D eigenvalue weighted by Gasteiger charge is -2.33. The molecule has 0 spiro atoms. The number of carbonyl (C=O) groups excluding carboxylic acids is 2. The molecule has 2 aliphatic heterocycles. The van der Waals surface area contributed by atoms with Gasteiger partial charge in [0.15, 0.2) is 0 Å². The fourth-order valence-corrected chi connectivity index (χ4v) is 4.92. The maximum Gasteiger partial charge on any atom is 0.407 e. The quantitative estimate of drug-likeness (QED) is 0.712. The van der Waals surface area contributed by atoms with Crippen LogP contribution in [0.1, 0.15) is 34.8 Å². The van der Waals surface area contributed by atoms with Crippen LogP contribution in [-0.2, 0) is 4.79 Å². The first-order valence-electron chi connectivity index (χ1n) is 11.2. The highest BCUT2D eigenvalue weighted by atomic mass is 35.5. The van der Waals surface area contributed by atoms with Crippen LogP contribution in [0.25, 0.3) is 0 Å². The van der Waals surface area contributed by atoms with Crippen LogP contribution in [0, 0.1) is 11.7 Å². The predicted molar refractivity (Wildman–Crippen MR) is 123 cm³/mol. The molecule has 2 aliphatic rings. The summed E-state index contributed by atoms with van der Waals surface area (Å²) in [6.07, 6.45) is 0.985. The second-order valence-corrected chi connectivity index (χ2v) is 9.23. The van der Waals surface area contributed by atoms with Crippen LogP contribution in [0.2, 0.25) is 5.02 Å². The number of likely N-dealkylation sites (tertiary alicyclic amines) is 2. The molecule has 1 aromatic heterocycles. The monoisotopic (exact) mass is 488 g/mol. The molecular formula is C24H26ClFN4O4. The first kappa shape index (κ1) is 23.9. The van der Waals surface area contributed by atoms with Crippen molar-refractivity contribution in [2.24, 2.45) is 5.92 Å². The van der Waals surface area contributed by atoms with Gasteiger partial charge in [-0.2, -0.15) is 0 Å². The molecule has 2 aromatic rings. The first-order chi connectivity index (χ1) is 16.2. The van der Waals surface area contributed by atoms with Crippen molar-refractivity contribution >= 4 is 29.5 Å². The Balaban J connectivity index is 1.41. The third-order valence-corrected chi connectivity index (χ3v) is 7.03. The molecule has 10 heteroatoms. The number of amides is 3. The molecule has 2 atom stereocenters. The molecule has 0 bridgehead atoms. The van der Waals surface area contributed by atoms with Crippen LogP contribution in [0.3, 0.4) is 0 Å². The standard InChI is InChI=1S/C24H26ClFN4O4/c1-28(24(33)34)21-14-30(13-19(21)15-2-4-17(25)5-3-15)22(31)16-8-10-29(11-9-16)23(32)20-7-6-18(26)12-27-20/h2-7,12,16,19,21H,8-11,13-14H2,1H3,(H,33,34)/t19-,21+/m0/s1. The lowest BCUT2D eigenvalue weighted by molar-refractivity contribution is -0.136. The largest absolute Gasteiger partial charge is 0.465 e. The Morgan fingerprint density at radius 1 is 1.06 bits per heavy atom. The Morgan fingerprint density at radius 3 is 2.32 bits per heavy atom. The van der Waals surface area contributed by atoms with Gasteiger partial charge in [-0.15, -0.1) is 0 Å². The summed E-state index contributed by atoms with van der Waals surface area (Å²) in [5.41, 5.74) is 1.11. The second kappa shape index (κ2) is 9.97. The number of nitrogens with zero attached hydrogens (tertiary/aromatic N) is 4. The van der Waals surface area contributed by atoms with Gasteiger partial charge in [0.1, 0.15) is 11.5 Å². The maximum atomic E-state index is 13.3. The van der Waals surface area contributed by atoms with E-state index in [2.05, 4.69) is 4.98 Å². The van der Waals surface area contributed by atoms with Crippen molar-refractivity contribution in [2.75, 3.05) is 33.2 Å². The average Bonchev–Trinajstić information content (AvgIpc) is 3.29. The zero-order valence-corrected chi connectivity index (χ0v) is 19.5. The summed E-state index contributed by atoms with van der Waals surface area (Å²) in [6.45, 7) is 1.54. The Labute approximate surface area is 201 Å². The Bertz CT molecular complexity index is 1060. The van der Waals surface area contributed by atoms with Gasteiger partial charge in [0.05, 0.1) is 12.2 Å². The van der Waals surface area contributed by atoms with Crippen LogP contribution in [0.4, 0.5) is 9.18 Å². The molecule has 4 rings (SSSR count). The molecule has 1 N–H and O–H groups in total. The number of aromatic nitrogens is 1. The van der Waals surface area contributed by atoms with Crippen molar-refractivity contribution in [1.29, 1.82) is 0 Å². The van der Waals surface area contributed by atoms with E-state index in [-0.39, 0.29) is 35.4 Å². The lowest BCUT2D eigenvalue weighted by Crippen LogP contribution is -2.45. The fourth-order valence-electron chi connectivity index (χ4n) is 4.79. The van der Waals surface area contributed by atoms with Gasteiger partial charge in [0, 0.05) is 50.1 Å². The molecule has 0 unspecified atom stereocenters. The van der Waals surface area contributed by atoms with Gasteiger partial charge in [-0.1, -0.05) is 23.7 Å². The van der Waals surface area contributed by atoms with Crippen molar-refractivity contribution in [3.05, 3.63) is 64.7 Å². The topological polar surface area (TPSA) is 94.0 Å². The first-order valence-corrected chi connectivity index (χ1v) is 11.5. The summed E-state index contributed by atoms with van der Waals surface area (Å²) in [7, 11) is 1.53. The van der Waals surface area contributed by atoms with Crippen LogP contribution >= 0.6 is 11.6 Å². The summed E-state index contributed by atoms with van der Waals surface area (Å²) in [6, 6.07) is 9.47. The van der Waals surface area contributed by atoms with Gasteiger partial charge in [-0.3, -0.25) is 9.59 Å². The summed E-state index contributed by atoms with van der Waals surface area (Å²) < 4.78 is 13.1. The molecule has 2 fully saturated rings. The number of pyridine rings is 1. The van der Waals surface area contributed by atoms with Crippen molar-refractivity contribution < 1.29 is 23.9 Å². The Kier molecular flexibility index (Phi) is 7.02. The zero-order valence-electron chi connectivity index (χ0n) is 18.7. The number of rotatable bonds is 4. The normalized spacial score (nSPS) is 20.9. The molecule has 1 aromatic carbocycles. The lowest BCUT2D eigenvalue weighted by atomic mass is 9.93. The summed E-state index contributed by atoms with van der Waals surface area (Å²) in [4.78, 5) is 46.1. The van der Waals surface area contributed by atoms with Gasteiger partial charge in [-0.05, 0) is 42.7 Å². The van der Waals surface area contributed by atoms with Crippen LogP contribution in [0.5, 0.6) is 0 Å². The number of carbonyl (C=O) groups is 3. The third-order valence-electron chi connectivity index (χ3n) is 6.78. The molecule has 0 saturated carbocycles. The van der Waals surface area contributed by atoms with Crippen molar-refractivity contribution in [3.8, 4) is 0 Å². The van der Waals surface area contributed by atoms with Gasteiger partial charge in [-0.25, -0.2) is 14.2 Å². The van der Waals surface area contributed by atoms with Crippen LogP contribution in [0.15, 0.2) is 42.6 Å². The highest BCUT2D eigenvalue weighted by Crippen LogP contribution is 2.33. The molecule has 2 saturated heterocycles. The summed E-state index contributed by atoms with van der Waals surface area (Å²) in [5.74, 6) is -1.21. The number of piperidine rings is 1. The number of likely N-dealkylation sites (N-methyl/N-ethyl adjacent to an activating group) is 1. The van der Waals surface area contributed by atoms with Gasteiger partial charge >= 0.3 is 6.09 Å². The van der Waals surface area contributed by atoms with Gasteiger partial charge in [0.2, 0.25) is 5.91 Å². The smallest absolute Gasteiger partial charge is 0.407 e. The number of hydrogen-bond acceptors (Lipinski definition) is 4. The Morgan fingerprint density at radius 2 is 1.74 bits per heavy atom. The van der Waals surface area contributed by atoms with Crippen molar-refractivity contribution in [1.82, 2.24) is 19.7 Å². The van der Waals surface area contributed by atoms with Crippen LogP contribution in [-0.4, -0.2) is 82.0 Å². The average molecular weight is 489 g/mol. The zero-order chi connectivity index (χ0) is 24.4. The molecule has 0 aliphatic carbocycles. The number of benzene rings is 1. The minimum absolute atomic E-state index is 0.0211. The van der Waals surface area contributed by atoms with Crippen LogP contribution < -0.4 is 0 Å². The van der Waals surface area contributed by atoms with Crippen molar-refractivity contribution in [3.63, 3.8) is 0 Å². The van der Waals surface area contributed by atoms with Crippen molar-refractivity contribution in [2.45, 2.75) is 24.8 Å². The molecule has 34 heavy (non-hydrogen) atoms. The van der Waals surface area contributed by atoms with E-state index in [1.165, 1.54) is 24.1 Å². The number of halogens is 2. The molecule has 3 heterocycles. The minimum atomic E-state index is -1.04. The van der Waals surface area contributed by atoms with E-state index >= 15 is 0 Å². The molecular weight excluding hydrogens is 463 g/mol. The molecule has 180 valence electrons. The highest BCUT2D eigenvalue weighted by molar-refractivity contribution is 6.30. The van der Waals surface area contributed by atoms with E-state index in [0.717, 1.165) is 11.8 Å². The molecule has 0 radical (unpaired) electrons. The maximum absolute atomic E-state index is 13.3. The Hall–Kier alpha value is -3.20. The molecule has 3 amide bonds. The second-order valence-electron chi connectivity index (χ2n) is 8.79.